The van der Waals surface area contributed by atoms with E-state index in [9.17, 15) is 24.0 Å². The summed E-state index contributed by atoms with van der Waals surface area (Å²) < 4.78 is 4.64. The van der Waals surface area contributed by atoms with Crippen LogP contribution in [0.4, 0.5) is 4.79 Å². The van der Waals surface area contributed by atoms with Crippen LogP contribution < -0.4 is 16.0 Å². The molecule has 3 N–H and O–H groups in total. The van der Waals surface area contributed by atoms with Crippen molar-refractivity contribution in [1.29, 1.82) is 0 Å². The van der Waals surface area contributed by atoms with Crippen molar-refractivity contribution in [3.05, 3.63) is 0 Å². The van der Waals surface area contributed by atoms with Gasteiger partial charge in [0.25, 0.3) is 5.78 Å². The van der Waals surface area contributed by atoms with Crippen LogP contribution in [0.15, 0.2) is 0 Å². The van der Waals surface area contributed by atoms with Crippen LogP contribution in [0, 0.1) is 28.6 Å². The summed E-state index contributed by atoms with van der Waals surface area (Å²) in [5.41, 5.74) is -1.25. The van der Waals surface area contributed by atoms with Gasteiger partial charge in [-0.15, -0.1) is 0 Å². The Hall–Kier alpha value is -2.65. The van der Waals surface area contributed by atoms with Gasteiger partial charge in [0.15, 0.2) is 0 Å². The van der Waals surface area contributed by atoms with E-state index in [0.29, 0.717) is 13.0 Å². The van der Waals surface area contributed by atoms with Crippen molar-refractivity contribution < 1.29 is 28.7 Å². The second-order valence-corrected chi connectivity index (χ2v) is 14.0. The van der Waals surface area contributed by atoms with Crippen LogP contribution in [0.2, 0.25) is 0 Å². The number of urea groups is 1. The fraction of sp³-hybridized carbons (Fsp3) is 0.821. The van der Waals surface area contributed by atoms with Gasteiger partial charge >= 0.3 is 12.0 Å². The molecule has 4 unspecified atom stereocenters. The average molecular weight is 535 g/mol. The molecule has 3 rings (SSSR count). The van der Waals surface area contributed by atoms with E-state index in [1.54, 1.807) is 4.90 Å². The summed E-state index contributed by atoms with van der Waals surface area (Å²) in [5.74, 6) is -2.22. The number of piperidine rings is 1. The van der Waals surface area contributed by atoms with Gasteiger partial charge in [-0.25, -0.2) is 9.59 Å². The molecule has 3 aliphatic rings. The van der Waals surface area contributed by atoms with Crippen molar-refractivity contribution in [3.8, 4) is 0 Å². The molecule has 38 heavy (non-hydrogen) atoms. The van der Waals surface area contributed by atoms with Crippen LogP contribution >= 0.6 is 0 Å². The summed E-state index contributed by atoms with van der Waals surface area (Å²) in [6.07, 6.45) is 3.33. The van der Waals surface area contributed by atoms with Crippen molar-refractivity contribution in [2.45, 2.75) is 105 Å². The minimum Gasteiger partial charge on any atom is -0.463 e. The maximum atomic E-state index is 14.0. The van der Waals surface area contributed by atoms with Crippen LogP contribution in [0.1, 0.15) is 81.1 Å². The van der Waals surface area contributed by atoms with Gasteiger partial charge in [0.2, 0.25) is 11.8 Å². The predicted octanol–water partition coefficient (Wildman–Crippen LogP) is 2.40. The first-order chi connectivity index (χ1) is 17.4. The molecule has 1 saturated heterocycles. The standard InChI is InChI=1S/C28H46N4O6/c1-26(2,3)21(30-25(37)31-27(4,5)6)23(35)32-14-16-18(28(16,7)8)19(32)22(34)29-17(13-15-11-10-12-15)20(33)24(36)38-9/h15-19,21H,10-14H2,1-9H3,(H,29,34)(H2,30,31,37)/t16?,17?,18?,19?,21-/m1/s1. The SMILES string of the molecule is COC(=O)C(=O)C(CC1CCC1)NC(=O)C1C2C(CN1C(=O)[C@@H](NC(=O)NC(C)(C)C)C(C)(C)C)C2(C)C. The van der Waals surface area contributed by atoms with Crippen molar-refractivity contribution in [2.75, 3.05) is 13.7 Å². The summed E-state index contributed by atoms with van der Waals surface area (Å²) in [7, 11) is 1.15. The summed E-state index contributed by atoms with van der Waals surface area (Å²) >= 11 is 0. The molecular weight excluding hydrogens is 488 g/mol. The highest BCUT2D eigenvalue weighted by Crippen LogP contribution is 2.65. The molecule has 2 saturated carbocycles. The number of Topliss-reactive ketones (excluding diaryl/α,β-unsaturated/α-hetero) is 1. The lowest BCUT2D eigenvalue weighted by atomic mass is 9.80. The lowest BCUT2D eigenvalue weighted by molar-refractivity contribution is -0.153. The molecule has 1 heterocycles. The minimum absolute atomic E-state index is 0.0759. The van der Waals surface area contributed by atoms with Crippen LogP contribution in [0.5, 0.6) is 0 Å². The van der Waals surface area contributed by atoms with E-state index < -0.39 is 52.8 Å². The van der Waals surface area contributed by atoms with Gasteiger partial charge in [0.05, 0.1) is 13.2 Å². The lowest BCUT2D eigenvalue weighted by Crippen LogP contribution is -2.62. The topological polar surface area (TPSA) is 134 Å². The molecule has 0 bridgehead atoms. The number of hydrogen-bond donors (Lipinski definition) is 3. The molecular formula is C28H46N4O6. The summed E-state index contributed by atoms with van der Waals surface area (Å²) in [5, 5.41) is 8.49. The van der Waals surface area contributed by atoms with E-state index in [0.717, 1.165) is 26.4 Å². The Labute approximate surface area is 226 Å². The predicted molar refractivity (Wildman–Crippen MR) is 142 cm³/mol. The fourth-order valence-electron chi connectivity index (χ4n) is 5.93. The first kappa shape index (κ1) is 29.9. The molecule has 1 aliphatic heterocycles. The molecule has 2 aliphatic carbocycles. The summed E-state index contributed by atoms with van der Waals surface area (Å²) in [6.45, 7) is 15.7. The zero-order valence-electron chi connectivity index (χ0n) is 24.4. The molecule has 214 valence electrons. The Kier molecular flexibility index (Phi) is 8.25. The Morgan fingerprint density at radius 3 is 2.08 bits per heavy atom. The summed E-state index contributed by atoms with van der Waals surface area (Å²) in [4.78, 5) is 66.9. The molecule has 0 aromatic carbocycles. The molecule has 10 heteroatoms. The molecule has 0 radical (unpaired) electrons. The Bertz CT molecular complexity index is 975. The number of fused-ring (bicyclic) bond motifs is 1. The highest BCUT2D eigenvalue weighted by molar-refractivity contribution is 6.36. The van der Waals surface area contributed by atoms with Gasteiger partial charge in [0, 0.05) is 12.1 Å². The quantitative estimate of drug-likeness (QED) is 0.323. The largest absolute Gasteiger partial charge is 0.463 e. The van der Waals surface area contributed by atoms with Gasteiger partial charge in [-0.3, -0.25) is 14.4 Å². The minimum atomic E-state index is -0.993. The van der Waals surface area contributed by atoms with E-state index >= 15 is 0 Å². The number of likely N-dealkylation sites (tertiary alicyclic amines) is 1. The van der Waals surface area contributed by atoms with Gasteiger partial charge in [-0.2, -0.15) is 0 Å². The molecule has 3 fully saturated rings. The van der Waals surface area contributed by atoms with Crippen LogP contribution in [-0.4, -0.2) is 71.8 Å². The number of ether oxygens (including phenoxy) is 1. The number of amides is 4. The zero-order valence-corrected chi connectivity index (χ0v) is 24.4. The van der Waals surface area contributed by atoms with Gasteiger partial charge in [-0.1, -0.05) is 53.9 Å². The third-order valence-corrected chi connectivity index (χ3v) is 8.45. The number of ketones is 1. The number of nitrogens with zero attached hydrogens (tertiary/aromatic N) is 1. The van der Waals surface area contributed by atoms with E-state index in [4.69, 9.17) is 0 Å². The summed E-state index contributed by atoms with van der Waals surface area (Å²) in [6, 6.07) is -3.12. The lowest BCUT2D eigenvalue weighted by Gasteiger charge is -2.38. The van der Waals surface area contributed by atoms with Crippen LogP contribution in [0.25, 0.3) is 0 Å². The first-order valence-corrected chi connectivity index (χ1v) is 13.7. The van der Waals surface area contributed by atoms with Crippen LogP contribution in [0.3, 0.4) is 0 Å². The second-order valence-electron chi connectivity index (χ2n) is 14.0. The van der Waals surface area contributed by atoms with E-state index in [1.807, 2.05) is 41.5 Å². The Balaban J connectivity index is 1.84. The van der Waals surface area contributed by atoms with Gasteiger partial charge in [-0.05, 0) is 55.8 Å². The highest BCUT2D eigenvalue weighted by atomic mass is 16.5. The number of nitrogens with one attached hydrogen (secondary N) is 3. The smallest absolute Gasteiger partial charge is 0.376 e. The van der Waals surface area contributed by atoms with Crippen LogP contribution in [-0.2, 0) is 23.9 Å². The maximum absolute atomic E-state index is 14.0. The number of methoxy groups -OCH3 is 1. The number of rotatable bonds is 8. The third kappa shape index (κ3) is 6.31. The molecule has 5 atom stereocenters. The molecule has 0 aromatic heterocycles. The van der Waals surface area contributed by atoms with Crippen molar-refractivity contribution in [3.63, 3.8) is 0 Å². The van der Waals surface area contributed by atoms with Gasteiger partial charge in [0.1, 0.15) is 12.1 Å². The maximum Gasteiger partial charge on any atom is 0.376 e. The molecule has 4 amide bonds. The van der Waals surface area contributed by atoms with E-state index in [-0.39, 0.29) is 29.1 Å². The van der Waals surface area contributed by atoms with Crippen molar-refractivity contribution in [2.24, 2.45) is 28.6 Å². The first-order valence-electron chi connectivity index (χ1n) is 13.7. The van der Waals surface area contributed by atoms with E-state index in [2.05, 4.69) is 34.5 Å². The number of esters is 1. The monoisotopic (exact) mass is 534 g/mol. The number of carbonyl (C=O) groups excluding carboxylic acids is 5. The number of carbonyl (C=O) groups is 5. The van der Waals surface area contributed by atoms with Crippen molar-refractivity contribution >= 4 is 29.6 Å². The normalized spacial score (nSPS) is 25.8. The Morgan fingerprint density at radius 2 is 1.61 bits per heavy atom. The van der Waals surface area contributed by atoms with E-state index in [1.165, 1.54) is 0 Å². The van der Waals surface area contributed by atoms with Gasteiger partial charge < -0.3 is 25.6 Å². The molecule has 0 aromatic rings. The number of hydrogen-bond acceptors (Lipinski definition) is 6. The zero-order chi connectivity index (χ0) is 28.8. The Morgan fingerprint density at radius 1 is 1.00 bits per heavy atom. The molecule has 10 nitrogen and oxygen atoms in total. The second kappa shape index (κ2) is 10.5. The highest BCUT2D eigenvalue weighted by Gasteiger charge is 2.70. The third-order valence-electron chi connectivity index (χ3n) is 8.45. The van der Waals surface area contributed by atoms with Crippen molar-refractivity contribution in [1.82, 2.24) is 20.9 Å². The fourth-order valence-corrected chi connectivity index (χ4v) is 5.93. The average Bonchev–Trinajstić information content (AvgIpc) is 3.08. The molecule has 0 spiro atoms.